The summed E-state index contributed by atoms with van der Waals surface area (Å²) >= 11 is 0. The molecule has 6 heteroatoms. The molecule has 0 bridgehead atoms. The van der Waals surface area contributed by atoms with Crippen LogP contribution in [0, 0.1) is 0 Å². The summed E-state index contributed by atoms with van der Waals surface area (Å²) in [6.07, 6.45) is 3.80. The van der Waals surface area contributed by atoms with Crippen LogP contribution < -0.4 is 10.2 Å². The number of aliphatic hydroxyl groups excluding tert-OH is 1. The molecule has 0 saturated carbocycles. The van der Waals surface area contributed by atoms with Gasteiger partial charge in [-0.2, -0.15) is 0 Å². The Kier molecular flexibility index (Phi) is 5.70. The van der Waals surface area contributed by atoms with Crippen molar-refractivity contribution in [1.29, 1.82) is 0 Å². The van der Waals surface area contributed by atoms with Crippen LogP contribution in [0.3, 0.4) is 0 Å². The van der Waals surface area contributed by atoms with Crippen LogP contribution in [-0.4, -0.2) is 65.3 Å². The standard InChI is InChI=1S/C14H25N5O/c1-12(2)15-9-13-10-16-14(17-11-13)19-5-3-18(4-6-19)7-8-20/h10-12,15,20H,3-9H2,1-2H3. The smallest absolute Gasteiger partial charge is 0.225 e. The molecule has 0 amide bonds. The summed E-state index contributed by atoms with van der Waals surface area (Å²) in [6.45, 7) is 9.81. The second kappa shape index (κ2) is 7.52. The highest BCUT2D eigenvalue weighted by atomic mass is 16.3. The van der Waals surface area contributed by atoms with Gasteiger partial charge in [-0.3, -0.25) is 4.90 Å². The van der Waals surface area contributed by atoms with E-state index >= 15 is 0 Å². The van der Waals surface area contributed by atoms with Crippen molar-refractivity contribution in [2.75, 3.05) is 44.2 Å². The summed E-state index contributed by atoms with van der Waals surface area (Å²) < 4.78 is 0. The number of nitrogens with one attached hydrogen (secondary N) is 1. The van der Waals surface area contributed by atoms with Crippen molar-refractivity contribution in [2.45, 2.75) is 26.4 Å². The van der Waals surface area contributed by atoms with Gasteiger partial charge in [0.1, 0.15) is 0 Å². The molecule has 1 aromatic heterocycles. The molecule has 0 spiro atoms. The number of aromatic nitrogens is 2. The molecule has 2 heterocycles. The molecule has 2 N–H and O–H groups in total. The Morgan fingerprint density at radius 1 is 1.20 bits per heavy atom. The molecule has 1 aliphatic heterocycles. The minimum absolute atomic E-state index is 0.230. The highest BCUT2D eigenvalue weighted by molar-refractivity contribution is 5.30. The Bertz CT molecular complexity index is 387. The first-order valence-electron chi connectivity index (χ1n) is 7.31. The van der Waals surface area contributed by atoms with Gasteiger partial charge in [0.25, 0.3) is 0 Å². The van der Waals surface area contributed by atoms with E-state index in [9.17, 15) is 0 Å². The molecule has 1 aromatic rings. The number of aliphatic hydroxyl groups is 1. The van der Waals surface area contributed by atoms with Gasteiger partial charge in [0.05, 0.1) is 6.61 Å². The summed E-state index contributed by atoms with van der Waals surface area (Å²) in [5.41, 5.74) is 1.11. The zero-order chi connectivity index (χ0) is 14.4. The largest absolute Gasteiger partial charge is 0.395 e. The lowest BCUT2D eigenvalue weighted by Gasteiger charge is -2.34. The van der Waals surface area contributed by atoms with Crippen LogP contribution in [-0.2, 0) is 6.54 Å². The van der Waals surface area contributed by atoms with Crippen molar-refractivity contribution in [2.24, 2.45) is 0 Å². The van der Waals surface area contributed by atoms with Gasteiger partial charge in [-0.15, -0.1) is 0 Å². The van der Waals surface area contributed by atoms with Crippen molar-refractivity contribution >= 4 is 5.95 Å². The first-order chi connectivity index (χ1) is 9.69. The SMILES string of the molecule is CC(C)NCc1cnc(N2CCN(CCO)CC2)nc1. The molecule has 0 unspecified atom stereocenters. The maximum Gasteiger partial charge on any atom is 0.225 e. The maximum absolute atomic E-state index is 8.94. The Hall–Kier alpha value is -1.24. The molecule has 0 aromatic carbocycles. The van der Waals surface area contributed by atoms with E-state index in [4.69, 9.17) is 5.11 Å². The number of hydrogen-bond donors (Lipinski definition) is 2. The molecule has 0 aliphatic carbocycles. The number of piperazine rings is 1. The third-order valence-electron chi connectivity index (χ3n) is 3.48. The fraction of sp³-hybridized carbons (Fsp3) is 0.714. The van der Waals surface area contributed by atoms with E-state index in [2.05, 4.69) is 38.9 Å². The van der Waals surface area contributed by atoms with Crippen LogP contribution in [0.5, 0.6) is 0 Å². The van der Waals surface area contributed by atoms with Crippen molar-refractivity contribution in [3.05, 3.63) is 18.0 Å². The predicted molar refractivity (Wildman–Crippen MR) is 79.7 cm³/mol. The quantitative estimate of drug-likeness (QED) is 0.769. The highest BCUT2D eigenvalue weighted by Crippen LogP contribution is 2.10. The molecule has 1 fully saturated rings. The van der Waals surface area contributed by atoms with Crippen LogP contribution in [0.1, 0.15) is 19.4 Å². The second-order valence-corrected chi connectivity index (χ2v) is 5.48. The van der Waals surface area contributed by atoms with Crippen LogP contribution in [0.4, 0.5) is 5.95 Å². The Morgan fingerprint density at radius 3 is 2.40 bits per heavy atom. The van der Waals surface area contributed by atoms with Gasteiger partial charge >= 0.3 is 0 Å². The third kappa shape index (κ3) is 4.40. The van der Waals surface area contributed by atoms with Gasteiger partial charge < -0.3 is 15.3 Å². The molecule has 1 aliphatic rings. The molecular weight excluding hydrogens is 254 g/mol. The molecule has 2 rings (SSSR count). The van der Waals surface area contributed by atoms with Crippen molar-refractivity contribution < 1.29 is 5.11 Å². The summed E-state index contributed by atoms with van der Waals surface area (Å²) in [7, 11) is 0. The van der Waals surface area contributed by atoms with E-state index in [0.29, 0.717) is 6.04 Å². The lowest BCUT2D eigenvalue weighted by atomic mass is 10.3. The van der Waals surface area contributed by atoms with E-state index in [0.717, 1.165) is 50.8 Å². The Labute approximate surface area is 120 Å². The fourth-order valence-electron chi connectivity index (χ4n) is 2.24. The topological polar surface area (TPSA) is 64.5 Å². The van der Waals surface area contributed by atoms with E-state index < -0.39 is 0 Å². The molecule has 112 valence electrons. The van der Waals surface area contributed by atoms with E-state index in [1.807, 2.05) is 12.4 Å². The molecule has 20 heavy (non-hydrogen) atoms. The van der Waals surface area contributed by atoms with Gasteiger partial charge in [-0.05, 0) is 0 Å². The number of nitrogens with zero attached hydrogens (tertiary/aromatic N) is 4. The van der Waals surface area contributed by atoms with Crippen molar-refractivity contribution in [3.63, 3.8) is 0 Å². The number of hydrogen-bond acceptors (Lipinski definition) is 6. The van der Waals surface area contributed by atoms with Crippen LogP contribution in [0.15, 0.2) is 12.4 Å². The van der Waals surface area contributed by atoms with E-state index in [-0.39, 0.29) is 6.61 Å². The average Bonchev–Trinajstić information content (AvgIpc) is 2.47. The lowest BCUT2D eigenvalue weighted by Crippen LogP contribution is -2.47. The molecule has 0 radical (unpaired) electrons. The fourth-order valence-corrected chi connectivity index (χ4v) is 2.24. The van der Waals surface area contributed by atoms with E-state index in [1.54, 1.807) is 0 Å². The first kappa shape index (κ1) is 15.2. The van der Waals surface area contributed by atoms with Gasteiger partial charge in [0.2, 0.25) is 5.95 Å². The van der Waals surface area contributed by atoms with Gasteiger partial charge in [-0.1, -0.05) is 13.8 Å². The monoisotopic (exact) mass is 279 g/mol. The van der Waals surface area contributed by atoms with Gasteiger partial charge in [0.15, 0.2) is 0 Å². The minimum atomic E-state index is 0.230. The Balaban J connectivity index is 1.84. The van der Waals surface area contributed by atoms with Gasteiger partial charge in [0, 0.05) is 63.3 Å². The van der Waals surface area contributed by atoms with Gasteiger partial charge in [-0.25, -0.2) is 9.97 Å². The molecular formula is C14H25N5O. The van der Waals surface area contributed by atoms with E-state index in [1.165, 1.54) is 0 Å². The lowest BCUT2D eigenvalue weighted by molar-refractivity contribution is 0.188. The summed E-state index contributed by atoms with van der Waals surface area (Å²) in [5, 5.41) is 12.3. The molecule has 6 nitrogen and oxygen atoms in total. The number of rotatable bonds is 6. The first-order valence-corrected chi connectivity index (χ1v) is 7.31. The second-order valence-electron chi connectivity index (χ2n) is 5.48. The predicted octanol–water partition coefficient (Wildman–Crippen LogP) is 0.0889. The Morgan fingerprint density at radius 2 is 1.85 bits per heavy atom. The maximum atomic E-state index is 8.94. The highest BCUT2D eigenvalue weighted by Gasteiger charge is 2.18. The minimum Gasteiger partial charge on any atom is -0.395 e. The zero-order valence-corrected chi connectivity index (χ0v) is 12.4. The summed E-state index contributed by atoms with van der Waals surface area (Å²) in [5.74, 6) is 0.807. The van der Waals surface area contributed by atoms with Crippen molar-refractivity contribution in [3.8, 4) is 0 Å². The van der Waals surface area contributed by atoms with Crippen LogP contribution in [0.2, 0.25) is 0 Å². The average molecular weight is 279 g/mol. The number of β-amino-alcohol motifs (C(OH)–C–C–N with tert-alkyl or cyclic N) is 1. The van der Waals surface area contributed by atoms with Crippen LogP contribution in [0.25, 0.3) is 0 Å². The van der Waals surface area contributed by atoms with Crippen LogP contribution >= 0.6 is 0 Å². The van der Waals surface area contributed by atoms with Crippen molar-refractivity contribution in [1.82, 2.24) is 20.2 Å². The molecule has 1 saturated heterocycles. The number of anilines is 1. The molecule has 0 atom stereocenters. The third-order valence-corrected chi connectivity index (χ3v) is 3.48. The zero-order valence-electron chi connectivity index (χ0n) is 12.4. The summed E-state index contributed by atoms with van der Waals surface area (Å²) in [4.78, 5) is 13.4. The summed E-state index contributed by atoms with van der Waals surface area (Å²) in [6, 6.07) is 0.467. The normalized spacial score (nSPS) is 16.9.